The van der Waals surface area contributed by atoms with Gasteiger partial charge < -0.3 is 10.2 Å². The summed E-state index contributed by atoms with van der Waals surface area (Å²) in [6.45, 7) is 5.51. The first-order valence-electron chi connectivity index (χ1n) is 6.77. The van der Waals surface area contributed by atoms with Crippen LogP contribution in [0, 0.1) is 6.92 Å². The van der Waals surface area contributed by atoms with Crippen LogP contribution in [-0.4, -0.2) is 29.9 Å². The lowest BCUT2D eigenvalue weighted by Crippen LogP contribution is -2.44. The van der Waals surface area contributed by atoms with Gasteiger partial charge >= 0.3 is 0 Å². The second-order valence-corrected chi connectivity index (χ2v) is 5.15. The zero-order chi connectivity index (χ0) is 13.0. The minimum Gasteiger partial charge on any atom is -0.376 e. The molecule has 2 rings (SSSR count). The molecule has 3 heteroatoms. The fourth-order valence-electron chi connectivity index (χ4n) is 2.50. The average molecular weight is 246 g/mol. The molecular formula is C15H22N2O. The van der Waals surface area contributed by atoms with E-state index in [1.54, 1.807) is 0 Å². The number of nitrogens with zero attached hydrogens (tertiary/aromatic N) is 1. The number of hydrogen-bond acceptors (Lipinski definition) is 2. The van der Waals surface area contributed by atoms with Crippen molar-refractivity contribution in [3.8, 4) is 0 Å². The molecule has 1 fully saturated rings. The van der Waals surface area contributed by atoms with Gasteiger partial charge in [0, 0.05) is 18.3 Å². The highest BCUT2D eigenvalue weighted by Crippen LogP contribution is 2.16. The molecule has 0 spiro atoms. The molecule has 0 aliphatic carbocycles. The number of anilines is 1. The minimum atomic E-state index is 0.212. The van der Waals surface area contributed by atoms with Crippen LogP contribution in [-0.2, 0) is 4.79 Å². The maximum atomic E-state index is 12.1. The van der Waals surface area contributed by atoms with Crippen molar-refractivity contribution in [2.24, 2.45) is 0 Å². The first-order valence-corrected chi connectivity index (χ1v) is 6.77. The summed E-state index contributed by atoms with van der Waals surface area (Å²) in [6.07, 6.45) is 3.52. The Morgan fingerprint density at radius 3 is 3.00 bits per heavy atom. The predicted octanol–water partition coefficient (Wildman–Crippen LogP) is 2.81. The molecule has 1 N–H and O–H groups in total. The van der Waals surface area contributed by atoms with Crippen LogP contribution in [0.25, 0.3) is 0 Å². The Labute approximate surface area is 109 Å². The zero-order valence-corrected chi connectivity index (χ0v) is 11.3. The third-order valence-corrected chi connectivity index (χ3v) is 3.59. The molecular weight excluding hydrogens is 224 g/mol. The van der Waals surface area contributed by atoms with Crippen molar-refractivity contribution in [1.82, 2.24) is 4.90 Å². The van der Waals surface area contributed by atoms with Crippen molar-refractivity contribution in [2.75, 3.05) is 18.4 Å². The largest absolute Gasteiger partial charge is 0.376 e. The van der Waals surface area contributed by atoms with Gasteiger partial charge in [0.1, 0.15) is 0 Å². The van der Waals surface area contributed by atoms with Crippen LogP contribution in [0.15, 0.2) is 24.3 Å². The van der Waals surface area contributed by atoms with Crippen LogP contribution < -0.4 is 5.32 Å². The lowest BCUT2D eigenvalue weighted by molar-refractivity contribution is -0.132. The number of hydrogen-bond donors (Lipinski definition) is 1. The molecule has 1 aromatic rings. The standard InChI is InChI=1S/C15H22N2O/c1-12-6-5-8-14(10-12)16-11-15(18)17-9-4-3-7-13(17)2/h5-6,8,10,13,16H,3-4,7,9,11H2,1-2H3. The number of benzene rings is 1. The van der Waals surface area contributed by atoms with Crippen LogP contribution in [0.1, 0.15) is 31.7 Å². The molecule has 0 aromatic heterocycles. The van der Waals surface area contributed by atoms with E-state index < -0.39 is 0 Å². The van der Waals surface area contributed by atoms with E-state index in [0.29, 0.717) is 12.6 Å². The number of aryl methyl sites for hydroxylation is 1. The number of carbonyl (C=O) groups is 1. The van der Waals surface area contributed by atoms with Gasteiger partial charge in [-0.3, -0.25) is 4.79 Å². The summed E-state index contributed by atoms with van der Waals surface area (Å²) >= 11 is 0. The highest BCUT2D eigenvalue weighted by Gasteiger charge is 2.22. The lowest BCUT2D eigenvalue weighted by Gasteiger charge is -2.33. The van der Waals surface area contributed by atoms with E-state index in [9.17, 15) is 4.79 Å². The van der Waals surface area contributed by atoms with Gasteiger partial charge in [0.25, 0.3) is 0 Å². The first-order chi connectivity index (χ1) is 8.66. The molecule has 1 atom stereocenters. The topological polar surface area (TPSA) is 32.3 Å². The molecule has 1 amide bonds. The van der Waals surface area contributed by atoms with Crippen molar-refractivity contribution < 1.29 is 4.79 Å². The normalized spacial score (nSPS) is 19.7. The van der Waals surface area contributed by atoms with Crippen LogP contribution in [0.5, 0.6) is 0 Å². The second-order valence-electron chi connectivity index (χ2n) is 5.15. The van der Waals surface area contributed by atoms with Crippen LogP contribution >= 0.6 is 0 Å². The van der Waals surface area contributed by atoms with Gasteiger partial charge in [-0.05, 0) is 50.8 Å². The first kappa shape index (κ1) is 12.9. The Kier molecular flexibility index (Phi) is 4.24. The summed E-state index contributed by atoms with van der Waals surface area (Å²) in [5.74, 6) is 0.212. The van der Waals surface area contributed by atoms with E-state index >= 15 is 0 Å². The highest BCUT2D eigenvalue weighted by molar-refractivity contribution is 5.81. The summed E-state index contributed by atoms with van der Waals surface area (Å²) in [4.78, 5) is 14.1. The van der Waals surface area contributed by atoms with Crippen LogP contribution in [0.3, 0.4) is 0 Å². The Bertz CT molecular complexity index is 417. The maximum Gasteiger partial charge on any atom is 0.242 e. The maximum absolute atomic E-state index is 12.1. The monoisotopic (exact) mass is 246 g/mol. The Morgan fingerprint density at radius 1 is 1.44 bits per heavy atom. The molecule has 1 aromatic carbocycles. The molecule has 1 saturated heterocycles. The number of nitrogens with one attached hydrogen (secondary N) is 1. The number of amides is 1. The fraction of sp³-hybridized carbons (Fsp3) is 0.533. The third kappa shape index (κ3) is 3.25. The van der Waals surface area contributed by atoms with Crippen LogP contribution in [0.4, 0.5) is 5.69 Å². The van der Waals surface area contributed by atoms with Gasteiger partial charge in [0.05, 0.1) is 6.54 Å². The van der Waals surface area contributed by atoms with Crippen molar-refractivity contribution in [3.63, 3.8) is 0 Å². The van der Waals surface area contributed by atoms with Gasteiger partial charge in [-0.2, -0.15) is 0 Å². The van der Waals surface area contributed by atoms with Gasteiger partial charge in [-0.1, -0.05) is 12.1 Å². The van der Waals surface area contributed by atoms with E-state index in [4.69, 9.17) is 0 Å². The van der Waals surface area contributed by atoms with E-state index in [1.165, 1.54) is 12.0 Å². The SMILES string of the molecule is Cc1cccc(NCC(=O)N2CCCCC2C)c1. The summed E-state index contributed by atoms with van der Waals surface area (Å²) in [5.41, 5.74) is 2.23. The molecule has 3 nitrogen and oxygen atoms in total. The summed E-state index contributed by atoms with van der Waals surface area (Å²) in [7, 11) is 0. The smallest absolute Gasteiger partial charge is 0.242 e. The average Bonchev–Trinajstić information content (AvgIpc) is 2.37. The van der Waals surface area contributed by atoms with E-state index in [0.717, 1.165) is 25.1 Å². The molecule has 1 heterocycles. The molecule has 18 heavy (non-hydrogen) atoms. The molecule has 1 aliphatic heterocycles. The fourth-order valence-corrected chi connectivity index (χ4v) is 2.50. The Hall–Kier alpha value is -1.51. The van der Waals surface area contributed by atoms with Gasteiger partial charge in [0.2, 0.25) is 5.91 Å². The van der Waals surface area contributed by atoms with E-state index in [-0.39, 0.29) is 5.91 Å². The van der Waals surface area contributed by atoms with Crippen LogP contribution in [0.2, 0.25) is 0 Å². The number of likely N-dealkylation sites (tertiary alicyclic amines) is 1. The van der Waals surface area contributed by atoms with Crippen molar-refractivity contribution in [3.05, 3.63) is 29.8 Å². The van der Waals surface area contributed by atoms with Crippen molar-refractivity contribution >= 4 is 11.6 Å². The van der Waals surface area contributed by atoms with Gasteiger partial charge in [-0.25, -0.2) is 0 Å². The summed E-state index contributed by atoms with van der Waals surface area (Å²) in [5, 5.41) is 3.21. The van der Waals surface area contributed by atoms with Gasteiger partial charge in [0.15, 0.2) is 0 Å². The summed E-state index contributed by atoms with van der Waals surface area (Å²) < 4.78 is 0. The Balaban J connectivity index is 1.88. The molecule has 1 unspecified atom stereocenters. The quantitative estimate of drug-likeness (QED) is 0.889. The highest BCUT2D eigenvalue weighted by atomic mass is 16.2. The molecule has 0 saturated carbocycles. The number of rotatable bonds is 3. The summed E-state index contributed by atoms with van der Waals surface area (Å²) in [6, 6.07) is 8.52. The molecule has 0 bridgehead atoms. The minimum absolute atomic E-state index is 0.212. The van der Waals surface area contributed by atoms with Gasteiger partial charge in [-0.15, -0.1) is 0 Å². The number of carbonyl (C=O) groups excluding carboxylic acids is 1. The molecule has 98 valence electrons. The second kappa shape index (κ2) is 5.89. The molecule has 1 aliphatic rings. The van der Waals surface area contributed by atoms with Crippen molar-refractivity contribution in [1.29, 1.82) is 0 Å². The van der Waals surface area contributed by atoms with E-state index in [1.807, 2.05) is 17.0 Å². The van der Waals surface area contributed by atoms with E-state index in [2.05, 4.69) is 31.3 Å². The third-order valence-electron chi connectivity index (χ3n) is 3.59. The lowest BCUT2D eigenvalue weighted by atomic mass is 10.0. The molecule has 0 radical (unpaired) electrons. The zero-order valence-electron chi connectivity index (χ0n) is 11.3. The Morgan fingerprint density at radius 2 is 2.28 bits per heavy atom. The number of piperidine rings is 1. The van der Waals surface area contributed by atoms with Crippen molar-refractivity contribution in [2.45, 2.75) is 39.2 Å². The predicted molar refractivity (Wildman–Crippen MR) is 74.7 cm³/mol.